The van der Waals surface area contributed by atoms with Crippen molar-refractivity contribution in [2.75, 3.05) is 0 Å². The van der Waals surface area contributed by atoms with Crippen molar-refractivity contribution >= 4 is 16.7 Å². The summed E-state index contributed by atoms with van der Waals surface area (Å²) in [6.07, 6.45) is 17.7. The quantitative estimate of drug-likeness (QED) is 0.204. The lowest BCUT2D eigenvalue weighted by molar-refractivity contribution is 0.818. The molecule has 206 valence electrons. The van der Waals surface area contributed by atoms with Crippen molar-refractivity contribution in [1.29, 1.82) is 0 Å². The van der Waals surface area contributed by atoms with Gasteiger partial charge in [0.2, 0.25) is 0 Å². The van der Waals surface area contributed by atoms with Gasteiger partial charge in [-0.1, -0.05) is 146 Å². The molecule has 43 heavy (non-hydrogen) atoms. The molecule has 1 heterocycles. The smallest absolute Gasteiger partial charge is 0.0711 e. The van der Waals surface area contributed by atoms with Crippen molar-refractivity contribution in [3.63, 3.8) is 0 Å². The number of hydrogen-bond donors (Lipinski definition) is 0. The second-order valence-electron chi connectivity index (χ2n) is 11.1. The number of benzene rings is 4. The molecule has 2 aliphatic rings. The molecule has 0 amide bonds. The van der Waals surface area contributed by atoms with E-state index in [2.05, 4.69) is 170 Å². The number of rotatable bonds is 6. The Morgan fingerprint density at radius 2 is 1.19 bits per heavy atom. The van der Waals surface area contributed by atoms with Crippen LogP contribution < -0.4 is 0 Å². The number of allylic oxidation sites excluding steroid dienone is 10. The normalized spacial score (nSPS) is 16.2. The van der Waals surface area contributed by atoms with Crippen molar-refractivity contribution in [2.24, 2.45) is 0 Å². The molecule has 0 fully saturated rings. The largest absolute Gasteiger partial charge is 0.252 e. The van der Waals surface area contributed by atoms with Crippen molar-refractivity contribution in [3.05, 3.63) is 192 Å². The van der Waals surface area contributed by atoms with Crippen LogP contribution >= 0.6 is 0 Å². The summed E-state index contributed by atoms with van der Waals surface area (Å²) in [6, 6.07) is 45.5. The summed E-state index contributed by atoms with van der Waals surface area (Å²) in [4.78, 5) is 5.15. The molecule has 0 saturated heterocycles. The van der Waals surface area contributed by atoms with Crippen LogP contribution in [0.4, 0.5) is 0 Å². The Hall–Kier alpha value is -5.27. The summed E-state index contributed by atoms with van der Waals surface area (Å²) in [5, 5.41) is 0. The van der Waals surface area contributed by atoms with E-state index in [9.17, 15) is 0 Å². The second-order valence-corrected chi connectivity index (χ2v) is 11.1. The molecule has 7 rings (SSSR count). The SMILES string of the molecule is C1=CCC(c2cc(-c3cccc(C4=CC(c5ccccc5)=CCC(c5ccccc5)=C4)c3)cc(-c3ccccc3)n2)C=C1. The molecule has 5 aromatic rings. The van der Waals surface area contributed by atoms with Crippen molar-refractivity contribution in [3.8, 4) is 22.4 Å². The summed E-state index contributed by atoms with van der Waals surface area (Å²) < 4.78 is 0. The van der Waals surface area contributed by atoms with Crippen LogP contribution in [0.5, 0.6) is 0 Å². The third kappa shape index (κ3) is 6.03. The van der Waals surface area contributed by atoms with E-state index in [-0.39, 0.29) is 5.92 Å². The Morgan fingerprint density at radius 1 is 0.512 bits per heavy atom. The van der Waals surface area contributed by atoms with Crippen LogP contribution in [0.1, 0.15) is 41.1 Å². The van der Waals surface area contributed by atoms with Crippen LogP contribution in [0.15, 0.2) is 170 Å². The van der Waals surface area contributed by atoms with Crippen LogP contribution in [0.25, 0.3) is 39.1 Å². The highest BCUT2D eigenvalue weighted by Gasteiger charge is 2.16. The van der Waals surface area contributed by atoms with Gasteiger partial charge < -0.3 is 0 Å². The summed E-state index contributed by atoms with van der Waals surface area (Å²) in [7, 11) is 0. The van der Waals surface area contributed by atoms with E-state index in [1.54, 1.807) is 0 Å². The van der Waals surface area contributed by atoms with Gasteiger partial charge in [-0.2, -0.15) is 0 Å². The Labute approximate surface area is 254 Å². The average molecular weight is 552 g/mol. The summed E-state index contributed by atoms with van der Waals surface area (Å²) in [5.74, 6) is 0.273. The maximum Gasteiger partial charge on any atom is 0.0711 e. The molecule has 1 nitrogen and oxygen atoms in total. The first-order valence-electron chi connectivity index (χ1n) is 15.0. The van der Waals surface area contributed by atoms with E-state index in [1.807, 2.05) is 0 Å². The van der Waals surface area contributed by atoms with Crippen LogP contribution in [0.2, 0.25) is 0 Å². The molecule has 0 N–H and O–H groups in total. The summed E-state index contributed by atoms with van der Waals surface area (Å²) in [6.45, 7) is 0. The predicted molar refractivity (Wildman–Crippen MR) is 182 cm³/mol. The highest BCUT2D eigenvalue weighted by atomic mass is 14.7. The van der Waals surface area contributed by atoms with Gasteiger partial charge in [0.05, 0.1) is 5.69 Å². The van der Waals surface area contributed by atoms with Crippen LogP contribution in [0.3, 0.4) is 0 Å². The highest BCUT2D eigenvalue weighted by molar-refractivity contribution is 5.95. The molecule has 2 aliphatic carbocycles. The van der Waals surface area contributed by atoms with Crippen LogP contribution in [0, 0.1) is 0 Å². The van der Waals surface area contributed by atoms with Crippen molar-refractivity contribution in [1.82, 2.24) is 4.98 Å². The highest BCUT2D eigenvalue weighted by Crippen LogP contribution is 2.36. The van der Waals surface area contributed by atoms with Gasteiger partial charge in [0.1, 0.15) is 0 Å². The molecule has 1 unspecified atom stereocenters. The molecular formula is C42H33N. The topological polar surface area (TPSA) is 12.9 Å². The lowest BCUT2D eigenvalue weighted by Gasteiger charge is -2.16. The number of aromatic nitrogens is 1. The maximum absolute atomic E-state index is 5.15. The second kappa shape index (κ2) is 12.3. The number of nitrogens with zero attached hydrogens (tertiary/aromatic N) is 1. The minimum Gasteiger partial charge on any atom is -0.252 e. The molecule has 1 aromatic heterocycles. The van der Waals surface area contributed by atoms with Crippen molar-refractivity contribution in [2.45, 2.75) is 18.8 Å². The zero-order valence-corrected chi connectivity index (χ0v) is 24.1. The Kier molecular flexibility index (Phi) is 7.62. The lowest BCUT2D eigenvalue weighted by Crippen LogP contribution is -2.01. The Bertz CT molecular complexity index is 1890. The standard InChI is InChI=1S/C42H33N/c1-5-14-31(15-6-1)37-24-25-38(32-16-7-2-8-17-32)28-39(27-37)35-22-13-23-36(26-35)40-29-41(33-18-9-3-10-19-33)43-42(30-40)34-20-11-4-12-21-34/h1-20,22-24,26-30,34H,21,25H2. The van der Waals surface area contributed by atoms with Gasteiger partial charge in [0.15, 0.2) is 0 Å². The van der Waals surface area contributed by atoms with Gasteiger partial charge in [0, 0.05) is 17.2 Å². The van der Waals surface area contributed by atoms with Gasteiger partial charge in [-0.05, 0) is 81.7 Å². The molecular weight excluding hydrogens is 518 g/mol. The fourth-order valence-electron chi connectivity index (χ4n) is 5.93. The number of pyridine rings is 1. The van der Waals surface area contributed by atoms with Gasteiger partial charge in [-0.3, -0.25) is 4.98 Å². The molecule has 4 aromatic carbocycles. The monoisotopic (exact) mass is 551 g/mol. The first-order chi connectivity index (χ1) is 21.3. The molecule has 0 spiro atoms. The van der Waals surface area contributed by atoms with Gasteiger partial charge >= 0.3 is 0 Å². The first kappa shape index (κ1) is 26.6. The number of hydrogen-bond acceptors (Lipinski definition) is 1. The van der Waals surface area contributed by atoms with Gasteiger partial charge in [-0.15, -0.1) is 0 Å². The Morgan fingerprint density at radius 3 is 1.91 bits per heavy atom. The van der Waals surface area contributed by atoms with E-state index >= 15 is 0 Å². The van der Waals surface area contributed by atoms with E-state index in [0.717, 1.165) is 29.8 Å². The zero-order chi connectivity index (χ0) is 28.8. The molecule has 0 saturated carbocycles. The fourth-order valence-corrected chi connectivity index (χ4v) is 5.93. The first-order valence-corrected chi connectivity index (χ1v) is 15.0. The summed E-state index contributed by atoms with van der Waals surface area (Å²) >= 11 is 0. The lowest BCUT2D eigenvalue weighted by atomic mass is 9.92. The summed E-state index contributed by atoms with van der Waals surface area (Å²) in [5.41, 5.74) is 13.1. The van der Waals surface area contributed by atoms with E-state index in [4.69, 9.17) is 4.98 Å². The van der Waals surface area contributed by atoms with E-state index in [0.29, 0.717) is 0 Å². The third-order valence-electron chi connectivity index (χ3n) is 8.24. The van der Waals surface area contributed by atoms with Gasteiger partial charge in [0.25, 0.3) is 0 Å². The molecule has 0 aliphatic heterocycles. The molecule has 0 bridgehead atoms. The maximum atomic E-state index is 5.15. The van der Waals surface area contributed by atoms with Crippen molar-refractivity contribution < 1.29 is 0 Å². The third-order valence-corrected chi connectivity index (χ3v) is 8.24. The van der Waals surface area contributed by atoms with Gasteiger partial charge in [-0.25, -0.2) is 0 Å². The molecule has 1 heteroatoms. The average Bonchev–Trinajstić information content (AvgIpc) is 3.34. The minimum absolute atomic E-state index is 0.273. The molecule has 0 radical (unpaired) electrons. The zero-order valence-electron chi connectivity index (χ0n) is 24.1. The molecule has 1 atom stereocenters. The minimum atomic E-state index is 0.273. The Balaban J connectivity index is 1.34. The fraction of sp³-hybridized carbons (Fsp3) is 0.0714. The van der Waals surface area contributed by atoms with Crippen LogP contribution in [-0.4, -0.2) is 4.98 Å². The van der Waals surface area contributed by atoms with E-state index in [1.165, 1.54) is 44.5 Å². The van der Waals surface area contributed by atoms with Crippen LogP contribution in [-0.2, 0) is 0 Å². The van der Waals surface area contributed by atoms with E-state index < -0.39 is 0 Å². The predicted octanol–water partition coefficient (Wildman–Crippen LogP) is 11.0.